The maximum absolute atomic E-state index is 13.5. The molecule has 0 spiro atoms. The van der Waals surface area contributed by atoms with Crippen LogP contribution in [-0.2, 0) is 6.42 Å². The standard InChI is InChI=1S/C15H11Cl2FN2/c16-8-7-14-19-15-12(17)5-2-6-13(15)20(14)11-4-1-3-10(18)9-11/h1-6,9H,7-8H2. The van der Waals surface area contributed by atoms with E-state index in [4.69, 9.17) is 23.2 Å². The van der Waals surface area contributed by atoms with Gasteiger partial charge < -0.3 is 0 Å². The Morgan fingerprint density at radius 1 is 1.15 bits per heavy atom. The van der Waals surface area contributed by atoms with Gasteiger partial charge in [0.05, 0.1) is 16.2 Å². The van der Waals surface area contributed by atoms with E-state index >= 15 is 0 Å². The van der Waals surface area contributed by atoms with Crippen LogP contribution in [0.15, 0.2) is 42.5 Å². The second-order valence-corrected chi connectivity index (χ2v) is 5.18. The van der Waals surface area contributed by atoms with Crippen molar-refractivity contribution in [2.75, 3.05) is 5.88 Å². The van der Waals surface area contributed by atoms with Crippen LogP contribution in [0.1, 0.15) is 5.82 Å². The van der Waals surface area contributed by atoms with Gasteiger partial charge in [0, 0.05) is 12.3 Å². The Balaban J connectivity index is 2.32. The molecule has 0 amide bonds. The van der Waals surface area contributed by atoms with Crippen molar-refractivity contribution in [2.24, 2.45) is 0 Å². The lowest BCUT2D eigenvalue weighted by atomic mass is 10.2. The SMILES string of the molecule is Fc1cccc(-n2c(CCCl)nc3c(Cl)cccc32)c1. The molecule has 2 aromatic carbocycles. The van der Waals surface area contributed by atoms with Crippen LogP contribution in [0.25, 0.3) is 16.7 Å². The van der Waals surface area contributed by atoms with Crippen molar-refractivity contribution in [3.05, 3.63) is 59.1 Å². The van der Waals surface area contributed by atoms with Crippen molar-refractivity contribution in [3.8, 4) is 5.69 Å². The third-order valence-electron chi connectivity index (χ3n) is 3.09. The number of fused-ring (bicyclic) bond motifs is 1. The van der Waals surface area contributed by atoms with E-state index in [1.807, 2.05) is 22.8 Å². The van der Waals surface area contributed by atoms with Gasteiger partial charge in [-0.2, -0.15) is 0 Å². The van der Waals surface area contributed by atoms with Gasteiger partial charge in [-0.15, -0.1) is 11.6 Å². The molecule has 0 radical (unpaired) electrons. The minimum Gasteiger partial charge on any atom is -0.296 e. The van der Waals surface area contributed by atoms with E-state index in [1.54, 1.807) is 12.1 Å². The van der Waals surface area contributed by atoms with Crippen LogP contribution in [0.5, 0.6) is 0 Å². The summed E-state index contributed by atoms with van der Waals surface area (Å²) in [4.78, 5) is 4.53. The molecule has 0 aliphatic rings. The van der Waals surface area contributed by atoms with Crippen LogP contribution in [-0.4, -0.2) is 15.4 Å². The molecule has 0 saturated heterocycles. The number of alkyl halides is 1. The summed E-state index contributed by atoms with van der Waals surface area (Å²) in [6.07, 6.45) is 0.586. The molecule has 3 aromatic rings. The first-order valence-corrected chi connectivity index (χ1v) is 7.09. The molecule has 2 nitrogen and oxygen atoms in total. The highest BCUT2D eigenvalue weighted by molar-refractivity contribution is 6.35. The van der Waals surface area contributed by atoms with E-state index in [9.17, 15) is 4.39 Å². The molecule has 0 aliphatic carbocycles. The second kappa shape index (κ2) is 5.43. The van der Waals surface area contributed by atoms with E-state index < -0.39 is 0 Å². The zero-order valence-corrected chi connectivity index (χ0v) is 12.0. The lowest BCUT2D eigenvalue weighted by molar-refractivity contribution is 0.626. The summed E-state index contributed by atoms with van der Waals surface area (Å²) < 4.78 is 15.4. The first-order chi connectivity index (χ1) is 9.70. The van der Waals surface area contributed by atoms with Gasteiger partial charge in [0.2, 0.25) is 0 Å². The molecule has 0 N–H and O–H groups in total. The normalized spacial score (nSPS) is 11.2. The molecule has 0 saturated carbocycles. The number of nitrogens with zero attached hydrogens (tertiary/aromatic N) is 2. The van der Waals surface area contributed by atoms with E-state index in [1.165, 1.54) is 12.1 Å². The summed E-state index contributed by atoms with van der Waals surface area (Å²) >= 11 is 12.0. The maximum Gasteiger partial charge on any atom is 0.125 e. The van der Waals surface area contributed by atoms with Crippen molar-refractivity contribution in [2.45, 2.75) is 6.42 Å². The summed E-state index contributed by atoms with van der Waals surface area (Å²) in [7, 11) is 0. The van der Waals surface area contributed by atoms with Crippen molar-refractivity contribution < 1.29 is 4.39 Å². The fourth-order valence-corrected chi connectivity index (χ4v) is 2.65. The Hall–Kier alpha value is -1.58. The number of aryl methyl sites for hydroxylation is 1. The lowest BCUT2D eigenvalue weighted by Crippen LogP contribution is -2.02. The summed E-state index contributed by atoms with van der Waals surface area (Å²) in [6, 6.07) is 12.0. The number of hydrogen-bond acceptors (Lipinski definition) is 1. The van der Waals surface area contributed by atoms with Crippen LogP contribution in [0, 0.1) is 5.82 Å². The van der Waals surface area contributed by atoms with Crippen molar-refractivity contribution in [1.29, 1.82) is 0 Å². The van der Waals surface area contributed by atoms with Gasteiger partial charge in [0.1, 0.15) is 17.2 Å². The third-order valence-corrected chi connectivity index (χ3v) is 3.58. The van der Waals surface area contributed by atoms with Gasteiger partial charge in [-0.1, -0.05) is 23.7 Å². The minimum absolute atomic E-state index is 0.289. The molecule has 20 heavy (non-hydrogen) atoms. The van der Waals surface area contributed by atoms with Gasteiger partial charge in [-0.05, 0) is 30.3 Å². The smallest absolute Gasteiger partial charge is 0.125 e. The largest absolute Gasteiger partial charge is 0.296 e. The molecule has 3 rings (SSSR count). The van der Waals surface area contributed by atoms with E-state index in [0.717, 1.165) is 17.0 Å². The lowest BCUT2D eigenvalue weighted by Gasteiger charge is -2.08. The summed E-state index contributed by atoms with van der Waals surface area (Å²) in [5.74, 6) is 0.924. The van der Waals surface area contributed by atoms with Crippen molar-refractivity contribution in [1.82, 2.24) is 9.55 Å². The summed E-state index contributed by atoms with van der Waals surface area (Å²) in [6.45, 7) is 0. The highest BCUT2D eigenvalue weighted by Crippen LogP contribution is 2.27. The topological polar surface area (TPSA) is 17.8 Å². The monoisotopic (exact) mass is 308 g/mol. The van der Waals surface area contributed by atoms with E-state index in [0.29, 0.717) is 22.8 Å². The Morgan fingerprint density at radius 2 is 1.95 bits per heavy atom. The fourth-order valence-electron chi connectivity index (χ4n) is 2.27. The molecular weight excluding hydrogens is 298 g/mol. The van der Waals surface area contributed by atoms with Gasteiger partial charge in [-0.3, -0.25) is 4.57 Å². The fraction of sp³-hybridized carbons (Fsp3) is 0.133. The molecule has 0 atom stereocenters. The maximum atomic E-state index is 13.5. The zero-order valence-electron chi connectivity index (χ0n) is 10.5. The van der Waals surface area contributed by atoms with Crippen LogP contribution < -0.4 is 0 Å². The number of benzene rings is 2. The van der Waals surface area contributed by atoms with E-state index in [-0.39, 0.29) is 5.82 Å². The van der Waals surface area contributed by atoms with Gasteiger partial charge in [0.15, 0.2) is 0 Å². The number of halogens is 3. The Bertz CT molecular complexity index is 768. The number of hydrogen-bond donors (Lipinski definition) is 0. The average molecular weight is 309 g/mol. The molecule has 1 aromatic heterocycles. The van der Waals surface area contributed by atoms with Crippen molar-refractivity contribution in [3.63, 3.8) is 0 Å². The van der Waals surface area contributed by atoms with Crippen LogP contribution in [0.2, 0.25) is 5.02 Å². The third kappa shape index (κ3) is 2.28. The Kier molecular flexibility index (Phi) is 3.64. The molecule has 0 aliphatic heterocycles. The number of aromatic nitrogens is 2. The first kappa shape index (κ1) is 13.4. The zero-order chi connectivity index (χ0) is 14.1. The van der Waals surface area contributed by atoms with Gasteiger partial charge >= 0.3 is 0 Å². The van der Waals surface area contributed by atoms with Gasteiger partial charge in [-0.25, -0.2) is 9.37 Å². The number of rotatable bonds is 3. The minimum atomic E-state index is -0.289. The Labute approximate surface area is 125 Å². The molecular formula is C15H11Cl2FN2. The predicted molar refractivity (Wildman–Crippen MR) is 80.5 cm³/mol. The molecule has 0 unspecified atom stereocenters. The quantitative estimate of drug-likeness (QED) is 0.647. The van der Waals surface area contributed by atoms with Gasteiger partial charge in [0.25, 0.3) is 0 Å². The number of imidazole rings is 1. The molecule has 0 bridgehead atoms. The van der Waals surface area contributed by atoms with Crippen LogP contribution in [0.3, 0.4) is 0 Å². The number of para-hydroxylation sites is 1. The second-order valence-electron chi connectivity index (χ2n) is 4.39. The molecule has 0 fully saturated rings. The molecule has 102 valence electrons. The van der Waals surface area contributed by atoms with Crippen molar-refractivity contribution >= 4 is 34.2 Å². The molecule has 1 heterocycles. The van der Waals surface area contributed by atoms with E-state index in [2.05, 4.69) is 4.98 Å². The predicted octanol–water partition coefficient (Wildman–Crippen LogP) is 4.60. The highest BCUT2D eigenvalue weighted by Gasteiger charge is 2.14. The summed E-state index contributed by atoms with van der Waals surface area (Å²) in [5, 5.41) is 0.577. The first-order valence-electron chi connectivity index (χ1n) is 6.18. The van der Waals surface area contributed by atoms with Crippen LogP contribution in [0.4, 0.5) is 4.39 Å². The highest BCUT2D eigenvalue weighted by atomic mass is 35.5. The Morgan fingerprint density at radius 3 is 2.70 bits per heavy atom. The molecule has 5 heteroatoms. The van der Waals surface area contributed by atoms with Crippen LogP contribution >= 0.6 is 23.2 Å². The summed E-state index contributed by atoms with van der Waals surface area (Å²) in [5.41, 5.74) is 2.27. The average Bonchev–Trinajstić information content (AvgIpc) is 2.79.